The molecular weight excluding hydrogens is 471 g/mol. The van der Waals surface area contributed by atoms with Crippen LogP contribution in [0.3, 0.4) is 0 Å². The van der Waals surface area contributed by atoms with E-state index >= 15 is 0 Å². The molecule has 0 aromatic heterocycles. The zero-order valence-corrected chi connectivity index (χ0v) is 19.2. The Morgan fingerprint density at radius 3 is 2.24 bits per heavy atom. The lowest BCUT2D eigenvalue weighted by atomic mass is 10.1. The number of benzene rings is 3. The van der Waals surface area contributed by atoms with E-state index in [4.69, 9.17) is 0 Å². The number of hydrogen-bond donors (Lipinski definition) is 1. The zero-order chi connectivity index (χ0) is 23.9. The SMILES string of the molecule is Cc1cccc(C)c1CS(=O)(=O)c1ccc2c(c1)SC(=Cc1c(F)cc(F)cc1F)C(=O)N2. The number of sulfone groups is 1. The summed E-state index contributed by atoms with van der Waals surface area (Å²) >= 11 is 0.882. The molecule has 1 aliphatic heterocycles. The number of hydrogen-bond acceptors (Lipinski definition) is 4. The summed E-state index contributed by atoms with van der Waals surface area (Å²) in [5.74, 6) is -4.16. The molecule has 33 heavy (non-hydrogen) atoms. The van der Waals surface area contributed by atoms with E-state index in [0.29, 0.717) is 22.7 Å². The number of carbonyl (C=O) groups excluding carboxylic acids is 1. The normalized spacial score (nSPS) is 14.8. The predicted octanol–water partition coefficient (Wildman–Crippen LogP) is 5.78. The van der Waals surface area contributed by atoms with Crippen molar-refractivity contribution in [2.24, 2.45) is 0 Å². The minimum Gasteiger partial charge on any atom is -0.320 e. The molecule has 0 saturated carbocycles. The van der Waals surface area contributed by atoms with Crippen molar-refractivity contribution in [3.63, 3.8) is 0 Å². The Hall–Kier alpha value is -3.04. The highest BCUT2D eigenvalue weighted by molar-refractivity contribution is 8.04. The lowest BCUT2D eigenvalue weighted by Gasteiger charge is -2.20. The molecule has 0 bridgehead atoms. The fraction of sp³-hybridized carbons (Fsp3) is 0.125. The average Bonchev–Trinajstić information content (AvgIpc) is 2.73. The highest BCUT2D eigenvalue weighted by Crippen LogP contribution is 2.41. The summed E-state index contributed by atoms with van der Waals surface area (Å²) in [6.45, 7) is 3.70. The van der Waals surface area contributed by atoms with Gasteiger partial charge in [0.05, 0.1) is 21.2 Å². The second kappa shape index (κ2) is 8.72. The number of anilines is 1. The van der Waals surface area contributed by atoms with Crippen molar-refractivity contribution in [3.05, 3.63) is 93.1 Å². The number of halogens is 3. The average molecular weight is 490 g/mol. The van der Waals surface area contributed by atoms with E-state index < -0.39 is 38.8 Å². The summed E-state index contributed by atoms with van der Waals surface area (Å²) in [7, 11) is -3.71. The zero-order valence-electron chi connectivity index (χ0n) is 17.6. The van der Waals surface area contributed by atoms with E-state index in [0.717, 1.165) is 34.5 Å². The Balaban J connectivity index is 1.69. The standard InChI is InChI=1S/C24H18F3NO3S2/c1-13-4-3-5-14(2)18(13)12-33(30,31)16-6-7-21-22(10-16)32-23(24(29)28-21)11-17-19(26)8-15(25)9-20(17)27/h3-11H,12H2,1-2H3,(H,28,29). The van der Waals surface area contributed by atoms with Crippen LogP contribution in [0.4, 0.5) is 18.9 Å². The summed E-state index contributed by atoms with van der Waals surface area (Å²) in [4.78, 5) is 12.8. The number of thioether (sulfide) groups is 1. The van der Waals surface area contributed by atoms with Crippen LogP contribution in [-0.2, 0) is 20.4 Å². The van der Waals surface area contributed by atoms with Crippen LogP contribution in [0.15, 0.2) is 63.2 Å². The van der Waals surface area contributed by atoms with Crippen LogP contribution >= 0.6 is 11.8 Å². The van der Waals surface area contributed by atoms with Crippen molar-refractivity contribution in [1.29, 1.82) is 0 Å². The van der Waals surface area contributed by atoms with Crippen molar-refractivity contribution in [3.8, 4) is 0 Å². The van der Waals surface area contributed by atoms with Crippen LogP contribution < -0.4 is 5.32 Å². The largest absolute Gasteiger partial charge is 0.320 e. The van der Waals surface area contributed by atoms with Gasteiger partial charge in [0.1, 0.15) is 17.5 Å². The van der Waals surface area contributed by atoms with Gasteiger partial charge < -0.3 is 5.32 Å². The maximum atomic E-state index is 14.0. The molecule has 0 spiro atoms. The summed E-state index contributed by atoms with van der Waals surface area (Å²) in [6.07, 6.45) is 0.977. The number of nitrogens with one attached hydrogen (secondary N) is 1. The summed E-state index contributed by atoms with van der Waals surface area (Å²) < 4.78 is 67.5. The Labute approximate surface area is 193 Å². The minimum atomic E-state index is -3.71. The van der Waals surface area contributed by atoms with Gasteiger partial charge in [0.25, 0.3) is 5.91 Å². The molecular formula is C24H18F3NO3S2. The van der Waals surface area contributed by atoms with Crippen molar-refractivity contribution in [2.45, 2.75) is 29.4 Å². The van der Waals surface area contributed by atoms with Crippen molar-refractivity contribution >= 4 is 39.3 Å². The van der Waals surface area contributed by atoms with Gasteiger partial charge >= 0.3 is 0 Å². The third-order valence-corrected chi connectivity index (χ3v) is 8.02. The summed E-state index contributed by atoms with van der Waals surface area (Å²) in [5.41, 5.74) is 2.28. The molecule has 0 saturated heterocycles. The first-order chi connectivity index (χ1) is 15.5. The van der Waals surface area contributed by atoms with Crippen LogP contribution in [0.2, 0.25) is 0 Å². The number of aryl methyl sites for hydroxylation is 2. The van der Waals surface area contributed by atoms with Gasteiger partial charge in [-0.1, -0.05) is 30.0 Å². The topological polar surface area (TPSA) is 63.2 Å². The van der Waals surface area contributed by atoms with Gasteiger partial charge in [-0.05, 0) is 54.8 Å². The van der Waals surface area contributed by atoms with Crippen LogP contribution in [0, 0.1) is 31.3 Å². The van der Waals surface area contributed by atoms with E-state index in [-0.39, 0.29) is 15.6 Å². The fourth-order valence-electron chi connectivity index (χ4n) is 3.50. The summed E-state index contributed by atoms with van der Waals surface area (Å²) in [6, 6.07) is 10.9. The molecule has 9 heteroatoms. The number of rotatable bonds is 4. The molecule has 4 nitrogen and oxygen atoms in total. The smallest absolute Gasteiger partial charge is 0.262 e. The van der Waals surface area contributed by atoms with Gasteiger partial charge in [-0.3, -0.25) is 4.79 Å². The van der Waals surface area contributed by atoms with E-state index in [1.807, 2.05) is 32.0 Å². The van der Waals surface area contributed by atoms with Gasteiger partial charge in [0.15, 0.2) is 9.84 Å². The van der Waals surface area contributed by atoms with Gasteiger partial charge in [-0.25, -0.2) is 21.6 Å². The second-order valence-corrected chi connectivity index (χ2v) is 10.7. The molecule has 0 aliphatic carbocycles. The maximum Gasteiger partial charge on any atom is 0.262 e. The van der Waals surface area contributed by atoms with Gasteiger partial charge in [-0.2, -0.15) is 0 Å². The molecule has 0 radical (unpaired) electrons. The van der Waals surface area contributed by atoms with Crippen LogP contribution in [0.1, 0.15) is 22.3 Å². The van der Waals surface area contributed by atoms with E-state index in [9.17, 15) is 26.4 Å². The molecule has 170 valence electrons. The second-order valence-electron chi connectivity index (χ2n) is 7.64. The molecule has 0 atom stereocenters. The monoisotopic (exact) mass is 489 g/mol. The molecule has 4 rings (SSSR count). The van der Waals surface area contributed by atoms with Crippen LogP contribution in [-0.4, -0.2) is 14.3 Å². The number of fused-ring (bicyclic) bond motifs is 1. The third kappa shape index (κ3) is 4.69. The predicted molar refractivity (Wildman–Crippen MR) is 122 cm³/mol. The first kappa shape index (κ1) is 23.1. The van der Waals surface area contributed by atoms with Crippen molar-refractivity contribution in [1.82, 2.24) is 0 Å². The third-order valence-electron chi connectivity index (χ3n) is 5.30. The Bertz CT molecular complexity index is 1390. The molecule has 0 unspecified atom stereocenters. The lowest BCUT2D eigenvalue weighted by Crippen LogP contribution is -2.18. The van der Waals surface area contributed by atoms with Gasteiger partial charge in [-0.15, -0.1) is 0 Å². The van der Waals surface area contributed by atoms with E-state index in [1.54, 1.807) is 0 Å². The Kier molecular flexibility index (Phi) is 6.11. The van der Waals surface area contributed by atoms with E-state index in [1.165, 1.54) is 18.2 Å². The van der Waals surface area contributed by atoms with Crippen LogP contribution in [0.25, 0.3) is 6.08 Å². The number of amides is 1. The Morgan fingerprint density at radius 1 is 0.970 bits per heavy atom. The molecule has 1 aliphatic rings. The summed E-state index contributed by atoms with van der Waals surface area (Å²) in [5, 5.41) is 2.59. The van der Waals surface area contributed by atoms with Crippen LogP contribution in [0.5, 0.6) is 0 Å². The number of carbonyl (C=O) groups is 1. The molecule has 3 aromatic rings. The van der Waals surface area contributed by atoms with Crippen molar-refractivity contribution in [2.75, 3.05) is 5.32 Å². The van der Waals surface area contributed by atoms with Gasteiger partial charge in [0, 0.05) is 22.6 Å². The lowest BCUT2D eigenvalue weighted by molar-refractivity contribution is -0.112. The first-order valence-electron chi connectivity index (χ1n) is 9.82. The molecule has 3 aromatic carbocycles. The quantitative estimate of drug-likeness (QED) is 0.472. The molecule has 0 fully saturated rings. The van der Waals surface area contributed by atoms with Gasteiger partial charge in [0.2, 0.25) is 0 Å². The highest BCUT2D eigenvalue weighted by Gasteiger charge is 2.25. The minimum absolute atomic E-state index is 0.0591. The molecule has 1 N–H and O–H groups in total. The van der Waals surface area contributed by atoms with E-state index in [2.05, 4.69) is 5.32 Å². The molecule has 1 heterocycles. The maximum absolute atomic E-state index is 14.0. The first-order valence-corrected chi connectivity index (χ1v) is 12.3. The van der Waals surface area contributed by atoms with Crippen molar-refractivity contribution < 1.29 is 26.4 Å². The Morgan fingerprint density at radius 2 is 1.61 bits per heavy atom. The highest BCUT2D eigenvalue weighted by atomic mass is 32.2. The fourth-order valence-corrected chi connectivity index (χ4v) is 6.12. The molecule has 1 amide bonds.